The number of hydrogen-bond donors (Lipinski definition) is 3. The Morgan fingerprint density at radius 2 is 1.88 bits per heavy atom. The van der Waals surface area contributed by atoms with E-state index in [1.54, 1.807) is 0 Å². The van der Waals surface area contributed by atoms with Gasteiger partial charge in [0.05, 0.1) is 23.6 Å². The zero-order chi connectivity index (χ0) is 23.0. The Bertz CT molecular complexity index is 830. The first-order valence-electron chi connectivity index (χ1n) is 11.4. The number of rotatable bonds is 10. The van der Waals surface area contributed by atoms with E-state index in [0.29, 0.717) is 25.7 Å². The van der Waals surface area contributed by atoms with Gasteiger partial charge in [-0.1, -0.05) is 6.42 Å². The number of halogens is 1. The van der Waals surface area contributed by atoms with Gasteiger partial charge in [0.2, 0.25) is 15.9 Å². The molecule has 1 aromatic carbocycles. The molecule has 1 aromatic rings. The third-order valence-corrected chi connectivity index (χ3v) is 7.61. The highest BCUT2D eigenvalue weighted by molar-refractivity contribution is 7.89. The Balaban J connectivity index is 1.39. The molecule has 3 atom stereocenters. The van der Waals surface area contributed by atoms with Crippen LogP contribution in [0.25, 0.3) is 0 Å². The Morgan fingerprint density at radius 3 is 2.56 bits per heavy atom. The minimum absolute atomic E-state index is 0.00373. The van der Waals surface area contributed by atoms with Crippen molar-refractivity contribution < 1.29 is 27.4 Å². The predicted molar refractivity (Wildman–Crippen MR) is 118 cm³/mol. The van der Waals surface area contributed by atoms with Crippen LogP contribution in [0.1, 0.15) is 44.9 Å². The van der Waals surface area contributed by atoms with Crippen LogP contribution in [0.5, 0.6) is 0 Å². The first-order chi connectivity index (χ1) is 15.4. The van der Waals surface area contributed by atoms with E-state index >= 15 is 0 Å². The summed E-state index contributed by atoms with van der Waals surface area (Å²) in [7, 11) is -3.72. The molecule has 2 fully saturated rings. The number of carbonyl (C=O) groups excluding carboxylic acids is 1. The van der Waals surface area contributed by atoms with Crippen LogP contribution in [0, 0.1) is 5.82 Å². The van der Waals surface area contributed by atoms with Gasteiger partial charge in [0.25, 0.3) is 0 Å². The molecule has 1 amide bonds. The van der Waals surface area contributed by atoms with Crippen LogP contribution < -0.4 is 10.0 Å². The lowest BCUT2D eigenvalue weighted by molar-refractivity contribution is -0.128. The largest absolute Gasteiger partial charge is 0.394 e. The topological polar surface area (TPSA) is 108 Å². The lowest BCUT2D eigenvalue weighted by Gasteiger charge is -2.36. The van der Waals surface area contributed by atoms with Crippen molar-refractivity contribution in [2.24, 2.45) is 0 Å². The minimum Gasteiger partial charge on any atom is -0.394 e. The average molecular weight is 472 g/mol. The predicted octanol–water partition coefficient (Wildman–Crippen LogP) is 1.39. The maximum atomic E-state index is 13.0. The Morgan fingerprint density at radius 1 is 1.16 bits per heavy atom. The highest BCUT2D eigenvalue weighted by Gasteiger charge is 2.32. The molecule has 180 valence electrons. The van der Waals surface area contributed by atoms with Crippen molar-refractivity contribution in [1.82, 2.24) is 14.9 Å². The van der Waals surface area contributed by atoms with Crippen LogP contribution >= 0.6 is 0 Å². The number of sulfonamides is 1. The van der Waals surface area contributed by atoms with Crippen molar-refractivity contribution in [3.63, 3.8) is 0 Å². The fraction of sp³-hybridized carbons (Fsp3) is 0.682. The van der Waals surface area contributed by atoms with E-state index in [1.165, 1.54) is 31.4 Å². The maximum absolute atomic E-state index is 13.0. The van der Waals surface area contributed by atoms with Crippen LogP contribution in [-0.4, -0.2) is 75.4 Å². The van der Waals surface area contributed by atoms with Gasteiger partial charge in [-0.15, -0.1) is 0 Å². The number of nitrogens with zero attached hydrogens (tertiary/aromatic N) is 1. The van der Waals surface area contributed by atoms with E-state index in [-0.39, 0.29) is 36.1 Å². The van der Waals surface area contributed by atoms with E-state index in [9.17, 15) is 22.7 Å². The number of aliphatic hydroxyl groups excluding tert-OH is 1. The number of likely N-dealkylation sites (tertiary alicyclic amines) is 1. The summed E-state index contributed by atoms with van der Waals surface area (Å²) in [5.74, 6) is -0.532. The summed E-state index contributed by atoms with van der Waals surface area (Å²) in [4.78, 5) is 14.7. The van der Waals surface area contributed by atoms with Gasteiger partial charge in [-0.25, -0.2) is 17.5 Å². The molecule has 2 saturated heterocycles. The standard InChI is InChI=1S/C22H34FN3O5S/c23-17-4-7-19(8-5-17)32(29,30)24-12-10-18-6-9-20(21(16-27)31-18)25-22(28)11-15-26-13-2-1-3-14-26/h4-5,7-8,18,20-21,24,27H,1-3,6,9-16H2,(H,25,28)/t18-,20-,21-/m0/s1. The summed E-state index contributed by atoms with van der Waals surface area (Å²) < 4.78 is 46.0. The van der Waals surface area contributed by atoms with E-state index in [0.717, 1.165) is 31.8 Å². The van der Waals surface area contributed by atoms with Crippen molar-refractivity contribution in [3.05, 3.63) is 30.1 Å². The van der Waals surface area contributed by atoms with Crippen LogP contribution in [0.4, 0.5) is 4.39 Å². The zero-order valence-corrected chi connectivity index (χ0v) is 19.2. The van der Waals surface area contributed by atoms with Gasteiger partial charge in [0.15, 0.2) is 0 Å². The molecular weight excluding hydrogens is 437 g/mol. The average Bonchev–Trinajstić information content (AvgIpc) is 2.79. The summed E-state index contributed by atoms with van der Waals surface area (Å²) in [6.45, 7) is 2.79. The summed E-state index contributed by atoms with van der Waals surface area (Å²) >= 11 is 0. The number of hydrogen-bond acceptors (Lipinski definition) is 6. The quantitative estimate of drug-likeness (QED) is 0.476. The number of aliphatic hydroxyl groups is 1. The van der Waals surface area contributed by atoms with Crippen LogP contribution in [-0.2, 0) is 19.6 Å². The molecule has 3 rings (SSSR count). The Labute approximate surface area is 189 Å². The highest BCUT2D eigenvalue weighted by Crippen LogP contribution is 2.22. The molecule has 0 radical (unpaired) electrons. The molecule has 2 aliphatic rings. The van der Waals surface area contributed by atoms with E-state index < -0.39 is 21.9 Å². The fourth-order valence-electron chi connectivity index (χ4n) is 4.28. The molecule has 0 saturated carbocycles. The number of nitrogens with one attached hydrogen (secondary N) is 2. The summed E-state index contributed by atoms with van der Waals surface area (Å²) in [6.07, 6.45) is 5.09. The Hall–Kier alpha value is -1.59. The SMILES string of the molecule is O=C(CCN1CCCCC1)N[C@H]1CC[C@@H](CCNS(=O)(=O)c2ccc(F)cc2)O[C@H]1CO. The molecule has 0 bridgehead atoms. The number of benzene rings is 1. The van der Waals surface area contributed by atoms with Crippen molar-refractivity contribution >= 4 is 15.9 Å². The first kappa shape index (κ1) is 25.0. The van der Waals surface area contributed by atoms with Crippen molar-refractivity contribution in [2.45, 2.75) is 68.1 Å². The van der Waals surface area contributed by atoms with Crippen molar-refractivity contribution in [1.29, 1.82) is 0 Å². The third kappa shape index (κ3) is 7.48. The van der Waals surface area contributed by atoms with Crippen LogP contribution in [0.15, 0.2) is 29.2 Å². The van der Waals surface area contributed by atoms with Gasteiger partial charge in [0.1, 0.15) is 11.9 Å². The van der Waals surface area contributed by atoms with Gasteiger partial charge in [-0.3, -0.25) is 4.79 Å². The molecule has 3 N–H and O–H groups in total. The molecular formula is C22H34FN3O5S. The molecule has 0 aliphatic carbocycles. The van der Waals surface area contributed by atoms with Gasteiger partial charge in [-0.2, -0.15) is 0 Å². The maximum Gasteiger partial charge on any atom is 0.240 e. The van der Waals surface area contributed by atoms with Crippen molar-refractivity contribution in [3.8, 4) is 0 Å². The van der Waals surface area contributed by atoms with E-state index in [1.807, 2.05) is 0 Å². The number of ether oxygens (including phenoxy) is 1. The summed E-state index contributed by atoms with van der Waals surface area (Å²) in [5, 5.41) is 12.7. The molecule has 2 heterocycles. The second kappa shape index (κ2) is 12.0. The molecule has 0 spiro atoms. The van der Waals surface area contributed by atoms with Crippen LogP contribution in [0.2, 0.25) is 0 Å². The number of carbonyl (C=O) groups is 1. The van der Waals surface area contributed by atoms with Crippen LogP contribution in [0.3, 0.4) is 0 Å². The minimum atomic E-state index is -3.72. The normalized spacial score (nSPS) is 24.9. The number of piperidine rings is 1. The van der Waals surface area contributed by atoms with Gasteiger partial charge < -0.3 is 20.1 Å². The molecule has 0 aromatic heterocycles. The fourth-order valence-corrected chi connectivity index (χ4v) is 5.33. The number of amides is 1. The smallest absolute Gasteiger partial charge is 0.240 e. The molecule has 2 aliphatic heterocycles. The molecule has 0 unspecified atom stereocenters. The second-order valence-corrected chi connectivity index (χ2v) is 10.3. The van der Waals surface area contributed by atoms with Gasteiger partial charge >= 0.3 is 0 Å². The summed E-state index contributed by atoms with van der Waals surface area (Å²) in [6, 6.07) is 4.39. The monoisotopic (exact) mass is 471 g/mol. The zero-order valence-electron chi connectivity index (χ0n) is 18.3. The Kier molecular flexibility index (Phi) is 9.42. The molecule has 8 nitrogen and oxygen atoms in total. The van der Waals surface area contributed by atoms with E-state index in [4.69, 9.17) is 4.74 Å². The summed E-state index contributed by atoms with van der Waals surface area (Å²) in [5.41, 5.74) is 0. The van der Waals surface area contributed by atoms with Crippen molar-refractivity contribution in [2.75, 3.05) is 32.8 Å². The second-order valence-electron chi connectivity index (χ2n) is 8.52. The molecule has 10 heteroatoms. The third-order valence-electron chi connectivity index (χ3n) is 6.13. The first-order valence-corrected chi connectivity index (χ1v) is 12.9. The highest BCUT2D eigenvalue weighted by atomic mass is 32.2. The molecule has 32 heavy (non-hydrogen) atoms. The van der Waals surface area contributed by atoms with Gasteiger partial charge in [-0.05, 0) is 69.5 Å². The van der Waals surface area contributed by atoms with Gasteiger partial charge in [0, 0.05) is 19.5 Å². The van der Waals surface area contributed by atoms with E-state index in [2.05, 4.69) is 14.9 Å². The lowest BCUT2D eigenvalue weighted by Crippen LogP contribution is -2.51. The lowest BCUT2D eigenvalue weighted by atomic mass is 9.97.